The molecule has 0 spiro atoms. The zero-order valence-corrected chi connectivity index (χ0v) is 11.2. The lowest BCUT2D eigenvalue weighted by atomic mass is 9.98. The molecule has 0 aromatic heterocycles. The fraction of sp³-hybridized carbons (Fsp3) is 0.917. The zero-order chi connectivity index (χ0) is 12.0. The zero-order valence-electron chi connectivity index (χ0n) is 10.4. The van der Waals surface area contributed by atoms with Gasteiger partial charge in [-0.3, -0.25) is 4.79 Å². The molecule has 90 valence electrons. The fourth-order valence-corrected chi connectivity index (χ4v) is 1.55. The van der Waals surface area contributed by atoms with Crippen LogP contribution < -0.4 is 0 Å². The largest absolute Gasteiger partial charge is 0.461 e. The SMILES string of the molecule is CC(C)CC(CC(C)C)OC(=O)C(C)Cl. The first-order valence-corrected chi connectivity index (χ1v) is 6.11. The molecule has 0 aromatic carbocycles. The van der Waals surface area contributed by atoms with E-state index in [0.717, 1.165) is 12.8 Å². The molecule has 0 aliphatic heterocycles. The Balaban J connectivity index is 4.17. The van der Waals surface area contributed by atoms with Crippen LogP contribution in [0.25, 0.3) is 0 Å². The van der Waals surface area contributed by atoms with Crippen LogP contribution in [-0.2, 0) is 9.53 Å². The number of hydrogen-bond acceptors (Lipinski definition) is 2. The lowest BCUT2D eigenvalue weighted by molar-refractivity contribution is -0.149. The molecule has 0 heterocycles. The van der Waals surface area contributed by atoms with E-state index in [2.05, 4.69) is 27.7 Å². The van der Waals surface area contributed by atoms with Crippen LogP contribution in [0.4, 0.5) is 0 Å². The summed E-state index contributed by atoms with van der Waals surface area (Å²) in [6.45, 7) is 10.2. The standard InChI is InChI=1S/C12H23ClO2/c1-8(2)6-11(7-9(3)4)15-12(14)10(5)13/h8-11H,6-7H2,1-5H3. The molecular weight excluding hydrogens is 212 g/mol. The normalized spacial score (nSPS) is 13.7. The Kier molecular flexibility index (Phi) is 6.99. The van der Waals surface area contributed by atoms with Crippen molar-refractivity contribution < 1.29 is 9.53 Å². The fourth-order valence-electron chi connectivity index (χ4n) is 1.50. The van der Waals surface area contributed by atoms with Crippen LogP contribution in [0.3, 0.4) is 0 Å². The van der Waals surface area contributed by atoms with E-state index >= 15 is 0 Å². The molecule has 0 saturated heterocycles. The second kappa shape index (κ2) is 7.10. The Morgan fingerprint density at radius 2 is 1.47 bits per heavy atom. The van der Waals surface area contributed by atoms with Crippen molar-refractivity contribution in [2.75, 3.05) is 0 Å². The predicted octanol–water partition coefficient (Wildman–Crippen LogP) is 3.62. The van der Waals surface area contributed by atoms with Crippen LogP contribution in [-0.4, -0.2) is 17.5 Å². The molecule has 3 heteroatoms. The van der Waals surface area contributed by atoms with Crippen molar-refractivity contribution >= 4 is 17.6 Å². The van der Waals surface area contributed by atoms with Gasteiger partial charge in [0.15, 0.2) is 0 Å². The second-order valence-electron chi connectivity index (χ2n) is 4.93. The monoisotopic (exact) mass is 234 g/mol. The van der Waals surface area contributed by atoms with Gasteiger partial charge in [0.1, 0.15) is 11.5 Å². The number of carbonyl (C=O) groups is 1. The Hall–Kier alpha value is -0.240. The van der Waals surface area contributed by atoms with Crippen LogP contribution in [0, 0.1) is 11.8 Å². The summed E-state index contributed by atoms with van der Waals surface area (Å²) in [4.78, 5) is 11.4. The lowest BCUT2D eigenvalue weighted by Crippen LogP contribution is -2.25. The third-order valence-electron chi connectivity index (χ3n) is 2.08. The highest BCUT2D eigenvalue weighted by Crippen LogP contribution is 2.17. The number of carbonyl (C=O) groups excluding carboxylic acids is 1. The molecule has 0 radical (unpaired) electrons. The Morgan fingerprint density at radius 1 is 1.07 bits per heavy atom. The summed E-state index contributed by atoms with van der Waals surface area (Å²) in [7, 11) is 0. The summed E-state index contributed by atoms with van der Waals surface area (Å²) in [5.74, 6) is 0.766. The summed E-state index contributed by atoms with van der Waals surface area (Å²) in [6.07, 6.45) is 1.83. The molecule has 1 atom stereocenters. The maximum atomic E-state index is 11.4. The van der Waals surface area contributed by atoms with Crippen molar-refractivity contribution in [3.8, 4) is 0 Å². The third-order valence-corrected chi connectivity index (χ3v) is 2.25. The minimum Gasteiger partial charge on any atom is -0.461 e. The molecular formula is C12H23ClO2. The summed E-state index contributed by atoms with van der Waals surface area (Å²) < 4.78 is 5.36. The molecule has 2 nitrogen and oxygen atoms in total. The van der Waals surface area contributed by atoms with E-state index in [1.807, 2.05) is 0 Å². The number of ether oxygens (including phenoxy) is 1. The Labute approximate surface area is 98.3 Å². The van der Waals surface area contributed by atoms with Gasteiger partial charge in [0.05, 0.1) is 0 Å². The Bertz CT molecular complexity index is 178. The van der Waals surface area contributed by atoms with E-state index in [1.165, 1.54) is 0 Å². The first kappa shape index (κ1) is 14.8. The minimum atomic E-state index is -0.549. The molecule has 0 rings (SSSR count). The number of hydrogen-bond donors (Lipinski definition) is 0. The van der Waals surface area contributed by atoms with Gasteiger partial charge in [-0.05, 0) is 31.6 Å². The molecule has 1 unspecified atom stereocenters. The summed E-state index contributed by atoms with van der Waals surface area (Å²) in [5.41, 5.74) is 0. The molecule has 0 aliphatic rings. The van der Waals surface area contributed by atoms with Gasteiger partial charge in [-0.15, -0.1) is 11.6 Å². The van der Waals surface area contributed by atoms with E-state index < -0.39 is 5.38 Å². The molecule has 0 aromatic rings. The van der Waals surface area contributed by atoms with Gasteiger partial charge in [-0.1, -0.05) is 27.7 Å². The van der Waals surface area contributed by atoms with Crippen molar-refractivity contribution in [3.63, 3.8) is 0 Å². The first-order chi connectivity index (χ1) is 6.82. The Morgan fingerprint density at radius 3 is 1.73 bits per heavy atom. The van der Waals surface area contributed by atoms with E-state index in [9.17, 15) is 4.79 Å². The third kappa shape index (κ3) is 7.66. The highest BCUT2D eigenvalue weighted by atomic mass is 35.5. The smallest absolute Gasteiger partial charge is 0.324 e. The van der Waals surface area contributed by atoms with Crippen molar-refractivity contribution in [2.24, 2.45) is 11.8 Å². The van der Waals surface area contributed by atoms with Crippen molar-refractivity contribution in [1.82, 2.24) is 0 Å². The molecule has 0 aliphatic carbocycles. The molecule has 0 fully saturated rings. The highest BCUT2D eigenvalue weighted by molar-refractivity contribution is 6.29. The molecule has 0 amide bonds. The topological polar surface area (TPSA) is 26.3 Å². The molecule has 15 heavy (non-hydrogen) atoms. The maximum Gasteiger partial charge on any atom is 0.324 e. The van der Waals surface area contributed by atoms with Crippen LogP contribution in [0.2, 0.25) is 0 Å². The number of alkyl halides is 1. The number of halogens is 1. The average molecular weight is 235 g/mol. The van der Waals surface area contributed by atoms with E-state index in [4.69, 9.17) is 16.3 Å². The van der Waals surface area contributed by atoms with Gasteiger partial charge in [-0.25, -0.2) is 0 Å². The van der Waals surface area contributed by atoms with Crippen molar-refractivity contribution in [3.05, 3.63) is 0 Å². The first-order valence-electron chi connectivity index (χ1n) is 5.67. The summed E-state index contributed by atoms with van der Waals surface area (Å²) in [6, 6.07) is 0. The van der Waals surface area contributed by atoms with Crippen LogP contribution >= 0.6 is 11.6 Å². The summed E-state index contributed by atoms with van der Waals surface area (Å²) in [5, 5.41) is -0.549. The van der Waals surface area contributed by atoms with E-state index in [-0.39, 0.29) is 12.1 Å². The van der Waals surface area contributed by atoms with Crippen molar-refractivity contribution in [2.45, 2.75) is 58.9 Å². The van der Waals surface area contributed by atoms with Gasteiger partial charge in [0, 0.05) is 0 Å². The van der Waals surface area contributed by atoms with Gasteiger partial charge < -0.3 is 4.74 Å². The van der Waals surface area contributed by atoms with Gasteiger partial charge >= 0.3 is 5.97 Å². The van der Waals surface area contributed by atoms with Crippen molar-refractivity contribution in [1.29, 1.82) is 0 Å². The number of esters is 1. The van der Waals surface area contributed by atoms with Crippen LogP contribution in [0.1, 0.15) is 47.5 Å². The second-order valence-corrected chi connectivity index (χ2v) is 5.59. The quantitative estimate of drug-likeness (QED) is 0.518. The molecule has 0 N–H and O–H groups in total. The van der Waals surface area contributed by atoms with Gasteiger partial charge in [-0.2, -0.15) is 0 Å². The van der Waals surface area contributed by atoms with E-state index in [0.29, 0.717) is 11.8 Å². The van der Waals surface area contributed by atoms with E-state index in [1.54, 1.807) is 6.92 Å². The number of rotatable bonds is 6. The molecule has 0 saturated carbocycles. The predicted molar refractivity (Wildman–Crippen MR) is 64.1 cm³/mol. The highest BCUT2D eigenvalue weighted by Gasteiger charge is 2.20. The van der Waals surface area contributed by atoms with Crippen LogP contribution in [0.15, 0.2) is 0 Å². The van der Waals surface area contributed by atoms with Crippen LogP contribution in [0.5, 0.6) is 0 Å². The van der Waals surface area contributed by atoms with Gasteiger partial charge in [0.25, 0.3) is 0 Å². The summed E-state index contributed by atoms with van der Waals surface area (Å²) >= 11 is 5.67. The lowest BCUT2D eigenvalue weighted by Gasteiger charge is -2.22. The van der Waals surface area contributed by atoms with Gasteiger partial charge in [0.2, 0.25) is 0 Å². The molecule has 0 bridgehead atoms. The maximum absolute atomic E-state index is 11.4. The minimum absolute atomic E-state index is 0.0127. The average Bonchev–Trinajstić information content (AvgIpc) is 2.00.